The zero-order chi connectivity index (χ0) is 20.1. The molecule has 142 valence electrons. The van der Waals surface area contributed by atoms with Crippen molar-refractivity contribution in [3.63, 3.8) is 0 Å². The van der Waals surface area contributed by atoms with Gasteiger partial charge in [0.05, 0.1) is 6.42 Å². The van der Waals surface area contributed by atoms with Crippen LogP contribution in [0, 0.1) is 18.3 Å². The fourth-order valence-corrected chi connectivity index (χ4v) is 3.09. The normalized spacial score (nSPS) is 11.4. The summed E-state index contributed by atoms with van der Waals surface area (Å²) in [7, 11) is 0. The van der Waals surface area contributed by atoms with Gasteiger partial charge in [-0.1, -0.05) is 29.8 Å². The third-order valence-electron chi connectivity index (χ3n) is 4.69. The van der Waals surface area contributed by atoms with Gasteiger partial charge in [0.15, 0.2) is 0 Å². The van der Waals surface area contributed by atoms with Crippen LogP contribution in [-0.2, 0) is 11.2 Å². The molecule has 5 nitrogen and oxygen atoms in total. The first kappa shape index (κ1) is 19.4. The standard InChI is InChI=1S/C23H23N3O2/c1-4-26(5-2)20-11-10-18-13-19(15-24)23(28-21(18)14-20)25-22(27)12-17-8-6-16(3)7-9-17/h6-11,13-14H,4-5,12H2,1-3H3. The summed E-state index contributed by atoms with van der Waals surface area (Å²) in [5.74, 6) is -0.344. The second-order valence-corrected chi connectivity index (χ2v) is 6.64. The number of anilines is 1. The maximum atomic E-state index is 12.4. The molecule has 0 aliphatic heterocycles. The summed E-state index contributed by atoms with van der Waals surface area (Å²) in [4.78, 5) is 18.7. The van der Waals surface area contributed by atoms with Crippen molar-refractivity contribution in [3.05, 3.63) is 70.8 Å². The average Bonchev–Trinajstić information content (AvgIpc) is 2.70. The van der Waals surface area contributed by atoms with Gasteiger partial charge in [-0.3, -0.25) is 4.79 Å². The number of hydrogen-bond donors (Lipinski definition) is 0. The number of benzene rings is 2. The van der Waals surface area contributed by atoms with Crippen molar-refractivity contribution in [3.8, 4) is 6.07 Å². The molecule has 0 saturated carbocycles. The molecule has 0 aliphatic rings. The molecule has 1 amide bonds. The molecule has 0 N–H and O–H groups in total. The van der Waals surface area contributed by atoms with E-state index in [0.717, 1.165) is 35.3 Å². The molecular formula is C23H23N3O2. The Morgan fingerprint density at radius 2 is 1.82 bits per heavy atom. The van der Waals surface area contributed by atoms with E-state index < -0.39 is 0 Å². The van der Waals surface area contributed by atoms with Gasteiger partial charge in [0.1, 0.15) is 17.2 Å². The largest absolute Gasteiger partial charge is 0.437 e. The number of fused-ring (bicyclic) bond motifs is 1. The Balaban J connectivity index is 2.00. The predicted molar refractivity (Wildman–Crippen MR) is 110 cm³/mol. The molecule has 5 heteroatoms. The molecule has 0 aliphatic carbocycles. The molecule has 1 heterocycles. The summed E-state index contributed by atoms with van der Waals surface area (Å²) in [6.45, 7) is 7.94. The van der Waals surface area contributed by atoms with E-state index in [4.69, 9.17) is 4.42 Å². The monoisotopic (exact) mass is 373 g/mol. The van der Waals surface area contributed by atoms with Crippen molar-refractivity contribution < 1.29 is 9.21 Å². The molecule has 0 atom stereocenters. The van der Waals surface area contributed by atoms with Crippen LogP contribution in [0.1, 0.15) is 30.5 Å². The summed E-state index contributed by atoms with van der Waals surface area (Å²) < 4.78 is 5.85. The molecule has 28 heavy (non-hydrogen) atoms. The van der Waals surface area contributed by atoms with E-state index in [1.165, 1.54) is 0 Å². The quantitative estimate of drug-likeness (QED) is 0.674. The Kier molecular flexibility index (Phi) is 5.90. The first-order valence-corrected chi connectivity index (χ1v) is 9.40. The maximum Gasteiger partial charge on any atom is 0.253 e. The van der Waals surface area contributed by atoms with Gasteiger partial charge in [-0.2, -0.15) is 10.3 Å². The number of rotatable bonds is 5. The lowest BCUT2D eigenvalue weighted by molar-refractivity contribution is -0.117. The molecule has 0 fully saturated rings. The number of hydrogen-bond acceptors (Lipinski definition) is 4. The highest BCUT2D eigenvalue weighted by atomic mass is 16.3. The molecule has 0 spiro atoms. The number of carbonyl (C=O) groups excluding carboxylic acids is 1. The van der Waals surface area contributed by atoms with E-state index in [1.807, 2.05) is 49.4 Å². The van der Waals surface area contributed by atoms with Gasteiger partial charge in [0.2, 0.25) is 5.55 Å². The van der Waals surface area contributed by atoms with Gasteiger partial charge < -0.3 is 9.32 Å². The average molecular weight is 373 g/mol. The van der Waals surface area contributed by atoms with Crippen LogP contribution in [0.4, 0.5) is 5.69 Å². The smallest absolute Gasteiger partial charge is 0.253 e. The number of aryl methyl sites for hydroxylation is 1. The van der Waals surface area contributed by atoms with Gasteiger partial charge in [-0.15, -0.1) is 0 Å². The van der Waals surface area contributed by atoms with Crippen LogP contribution < -0.4 is 10.5 Å². The third kappa shape index (κ3) is 4.29. The lowest BCUT2D eigenvalue weighted by Crippen LogP contribution is -2.21. The minimum Gasteiger partial charge on any atom is -0.437 e. The number of nitriles is 1. The van der Waals surface area contributed by atoms with Crippen LogP contribution in [0.3, 0.4) is 0 Å². The van der Waals surface area contributed by atoms with E-state index in [-0.39, 0.29) is 23.4 Å². The molecule has 2 aromatic carbocycles. The SMILES string of the molecule is CCN(CC)c1ccc2cc(C#N)c(=NC(=O)Cc3ccc(C)cc3)oc2c1. The predicted octanol–water partition coefficient (Wildman–Crippen LogP) is 4.13. The first-order chi connectivity index (χ1) is 13.5. The first-order valence-electron chi connectivity index (χ1n) is 9.40. The molecule has 0 unspecified atom stereocenters. The lowest BCUT2D eigenvalue weighted by atomic mass is 10.1. The highest BCUT2D eigenvalue weighted by molar-refractivity contribution is 5.82. The van der Waals surface area contributed by atoms with E-state index >= 15 is 0 Å². The summed E-state index contributed by atoms with van der Waals surface area (Å²) in [6.07, 6.45) is 0.165. The minimum atomic E-state index is -0.344. The summed E-state index contributed by atoms with van der Waals surface area (Å²) in [5, 5.41) is 10.2. The highest BCUT2D eigenvalue weighted by Crippen LogP contribution is 2.21. The minimum absolute atomic E-state index is 0.0591. The van der Waals surface area contributed by atoms with Crippen molar-refractivity contribution >= 4 is 22.6 Å². The Morgan fingerprint density at radius 1 is 1.11 bits per heavy atom. The van der Waals surface area contributed by atoms with E-state index in [1.54, 1.807) is 6.07 Å². The second-order valence-electron chi connectivity index (χ2n) is 6.64. The fraction of sp³-hybridized carbons (Fsp3) is 0.261. The maximum absolute atomic E-state index is 12.4. The van der Waals surface area contributed by atoms with E-state index in [0.29, 0.717) is 5.58 Å². The summed E-state index contributed by atoms with van der Waals surface area (Å²) in [6, 6.07) is 17.4. The Labute approximate surface area is 164 Å². The Bertz CT molecular complexity index is 1100. The van der Waals surface area contributed by atoms with Crippen molar-refractivity contribution in [2.75, 3.05) is 18.0 Å². The van der Waals surface area contributed by atoms with Crippen molar-refractivity contribution in [1.82, 2.24) is 0 Å². The van der Waals surface area contributed by atoms with E-state index in [2.05, 4.69) is 29.8 Å². The highest BCUT2D eigenvalue weighted by Gasteiger charge is 2.09. The van der Waals surface area contributed by atoms with Crippen LogP contribution in [0.2, 0.25) is 0 Å². The van der Waals surface area contributed by atoms with Gasteiger partial charge >= 0.3 is 0 Å². The number of amides is 1. The van der Waals surface area contributed by atoms with Gasteiger partial charge in [0, 0.05) is 30.2 Å². The lowest BCUT2D eigenvalue weighted by Gasteiger charge is -2.20. The molecule has 0 saturated heterocycles. The zero-order valence-electron chi connectivity index (χ0n) is 16.4. The zero-order valence-corrected chi connectivity index (χ0v) is 16.4. The summed E-state index contributed by atoms with van der Waals surface area (Å²) in [5.41, 5.74) is 3.95. The third-order valence-corrected chi connectivity index (χ3v) is 4.69. The topological polar surface area (TPSA) is 69.6 Å². The Hall–Kier alpha value is -3.39. The van der Waals surface area contributed by atoms with Crippen molar-refractivity contribution in [2.24, 2.45) is 4.99 Å². The Morgan fingerprint density at radius 3 is 2.46 bits per heavy atom. The second kappa shape index (κ2) is 8.53. The van der Waals surface area contributed by atoms with Gasteiger partial charge in [0.25, 0.3) is 5.91 Å². The summed E-state index contributed by atoms with van der Waals surface area (Å²) >= 11 is 0. The fourth-order valence-electron chi connectivity index (χ4n) is 3.09. The number of nitrogens with zero attached hydrogens (tertiary/aromatic N) is 3. The van der Waals surface area contributed by atoms with Crippen molar-refractivity contribution in [2.45, 2.75) is 27.2 Å². The molecule has 3 aromatic rings. The van der Waals surface area contributed by atoms with Crippen LogP contribution in [0.5, 0.6) is 0 Å². The molecular weight excluding hydrogens is 350 g/mol. The van der Waals surface area contributed by atoms with Gasteiger partial charge in [-0.05, 0) is 44.5 Å². The van der Waals surface area contributed by atoms with Crippen LogP contribution in [0.15, 0.2) is 57.9 Å². The van der Waals surface area contributed by atoms with Crippen LogP contribution in [0.25, 0.3) is 11.0 Å². The molecule has 0 radical (unpaired) electrons. The number of carbonyl (C=O) groups is 1. The van der Waals surface area contributed by atoms with Crippen LogP contribution >= 0.6 is 0 Å². The van der Waals surface area contributed by atoms with Gasteiger partial charge in [-0.25, -0.2) is 0 Å². The molecule has 0 bridgehead atoms. The van der Waals surface area contributed by atoms with Crippen molar-refractivity contribution in [1.29, 1.82) is 5.26 Å². The van der Waals surface area contributed by atoms with E-state index in [9.17, 15) is 10.1 Å². The molecule has 1 aromatic heterocycles. The molecule has 3 rings (SSSR count). The van der Waals surface area contributed by atoms with Crippen LogP contribution in [-0.4, -0.2) is 19.0 Å².